The van der Waals surface area contributed by atoms with E-state index in [0.29, 0.717) is 18.4 Å². The zero-order valence-electron chi connectivity index (χ0n) is 13.2. The second-order valence-electron chi connectivity index (χ2n) is 6.89. The first-order valence-corrected chi connectivity index (χ1v) is 7.74. The Morgan fingerprint density at radius 1 is 1.41 bits per heavy atom. The predicted molar refractivity (Wildman–Crippen MR) is 81.6 cm³/mol. The van der Waals surface area contributed by atoms with Crippen molar-refractivity contribution >= 4 is 5.78 Å². The van der Waals surface area contributed by atoms with Gasteiger partial charge in [-0.25, -0.2) is 0 Å². The Labute approximate surface area is 130 Å². The van der Waals surface area contributed by atoms with Crippen LogP contribution < -0.4 is 0 Å². The quantitative estimate of drug-likeness (QED) is 0.784. The molecule has 0 heterocycles. The van der Waals surface area contributed by atoms with Crippen LogP contribution >= 0.6 is 0 Å². The second-order valence-corrected chi connectivity index (χ2v) is 6.89. The first kappa shape index (κ1) is 15.2. The first-order valence-electron chi connectivity index (χ1n) is 7.74. The molecule has 0 saturated heterocycles. The van der Waals surface area contributed by atoms with E-state index < -0.39 is 17.1 Å². The molecule has 3 rings (SSSR count). The number of nitriles is 1. The zero-order valence-corrected chi connectivity index (χ0v) is 13.2. The van der Waals surface area contributed by atoms with Crippen molar-refractivity contribution in [1.82, 2.24) is 0 Å². The number of fused-ring (bicyclic) bond motifs is 1. The van der Waals surface area contributed by atoms with Crippen LogP contribution in [0.4, 0.5) is 0 Å². The molecule has 2 unspecified atom stereocenters. The van der Waals surface area contributed by atoms with E-state index in [1.165, 1.54) is 0 Å². The number of Topliss-reactive ketones (excluding diaryl/α,β-unsaturated/α-hetero) is 1. The van der Waals surface area contributed by atoms with Crippen LogP contribution in [0.25, 0.3) is 0 Å². The highest BCUT2D eigenvalue weighted by atomic mass is 16.3. The van der Waals surface area contributed by atoms with Crippen LogP contribution in [0.15, 0.2) is 33.9 Å². The molecule has 1 fully saturated rings. The molecule has 0 aromatic heterocycles. The highest BCUT2D eigenvalue weighted by molar-refractivity contribution is 6.10. The van der Waals surface area contributed by atoms with Crippen LogP contribution in [0.2, 0.25) is 0 Å². The van der Waals surface area contributed by atoms with Crippen LogP contribution in [0, 0.1) is 16.7 Å². The van der Waals surface area contributed by atoms with E-state index in [1.807, 2.05) is 26.0 Å². The average molecular weight is 299 g/mol. The van der Waals surface area contributed by atoms with Crippen molar-refractivity contribution in [2.45, 2.75) is 58.2 Å². The first-order chi connectivity index (χ1) is 10.3. The zero-order chi connectivity index (χ0) is 16.3. The van der Waals surface area contributed by atoms with Crippen LogP contribution in [0.1, 0.15) is 46.5 Å². The summed E-state index contributed by atoms with van der Waals surface area (Å²) in [7, 11) is 0. The van der Waals surface area contributed by atoms with Crippen molar-refractivity contribution in [1.29, 1.82) is 5.26 Å². The third-order valence-electron chi connectivity index (χ3n) is 5.69. The summed E-state index contributed by atoms with van der Waals surface area (Å²) in [5.41, 5.74) is 2.93. The Bertz CT molecular complexity index is 696. The summed E-state index contributed by atoms with van der Waals surface area (Å²) in [5.74, 6) is -0.194. The van der Waals surface area contributed by atoms with Gasteiger partial charge in [-0.3, -0.25) is 4.79 Å². The highest BCUT2D eigenvalue weighted by Gasteiger charge is 2.64. The second kappa shape index (κ2) is 4.65. The molecule has 0 amide bonds. The number of carbonyl (C=O) groups excluding carboxylic acids is 1. The molecule has 1 saturated carbocycles. The van der Waals surface area contributed by atoms with Crippen molar-refractivity contribution in [2.75, 3.05) is 0 Å². The lowest BCUT2D eigenvalue weighted by atomic mass is 9.67. The maximum Gasteiger partial charge on any atom is 0.195 e. The molecular formula is C18H21NO3. The number of nitrogens with zero attached hydrogens (tertiary/aromatic N) is 1. The smallest absolute Gasteiger partial charge is 0.195 e. The van der Waals surface area contributed by atoms with Gasteiger partial charge in [0.2, 0.25) is 0 Å². The summed E-state index contributed by atoms with van der Waals surface area (Å²) in [5, 5.41) is 29.0. The van der Waals surface area contributed by atoms with E-state index in [9.17, 15) is 15.0 Å². The minimum Gasteiger partial charge on any atom is -0.381 e. The van der Waals surface area contributed by atoms with E-state index in [2.05, 4.69) is 0 Å². The van der Waals surface area contributed by atoms with Crippen LogP contribution in [0.5, 0.6) is 0 Å². The minimum atomic E-state index is -1.33. The Hall–Kier alpha value is -1.70. The van der Waals surface area contributed by atoms with E-state index in [0.717, 1.165) is 35.1 Å². The summed E-state index contributed by atoms with van der Waals surface area (Å²) in [6.07, 6.45) is 3.46. The van der Waals surface area contributed by atoms with E-state index in [4.69, 9.17) is 5.26 Å². The molecule has 1 spiro atoms. The number of aliphatic hydroxyl groups is 2. The number of allylic oxidation sites excluding steroid dienone is 4. The summed E-state index contributed by atoms with van der Waals surface area (Å²) in [4.78, 5) is 12.7. The van der Waals surface area contributed by atoms with Gasteiger partial charge in [-0.1, -0.05) is 5.57 Å². The molecule has 4 nitrogen and oxygen atoms in total. The van der Waals surface area contributed by atoms with Gasteiger partial charge < -0.3 is 10.2 Å². The number of aliphatic hydroxyl groups excluding tert-OH is 1. The standard InChI is InChI=1S/C18H21NO3/c1-10-8-14-15(13(10)5-4-12(20)9-19)11(2)18(6-7-18)17(3,22)16(14)21/h8,12,20,22H,4-7H2,1-3H3. The molecule has 0 aliphatic heterocycles. The van der Waals surface area contributed by atoms with Crippen LogP contribution in [0.3, 0.4) is 0 Å². The number of rotatable bonds is 3. The van der Waals surface area contributed by atoms with Gasteiger partial charge in [0.15, 0.2) is 5.78 Å². The van der Waals surface area contributed by atoms with Crippen LogP contribution in [-0.2, 0) is 4.79 Å². The molecule has 2 N–H and O–H groups in total. The third-order valence-corrected chi connectivity index (χ3v) is 5.69. The number of hydrogen-bond acceptors (Lipinski definition) is 4. The monoisotopic (exact) mass is 299 g/mol. The molecular weight excluding hydrogens is 278 g/mol. The van der Waals surface area contributed by atoms with Gasteiger partial charge in [-0.2, -0.15) is 5.26 Å². The number of ketones is 1. The molecule has 0 aromatic carbocycles. The Balaban J connectivity index is 2.03. The fourth-order valence-corrected chi connectivity index (χ4v) is 4.08. The molecule has 0 aromatic rings. The lowest BCUT2D eigenvalue weighted by molar-refractivity contribution is -0.137. The molecule has 116 valence electrons. The minimum absolute atomic E-state index is 0.194. The maximum atomic E-state index is 12.7. The van der Waals surface area contributed by atoms with E-state index >= 15 is 0 Å². The average Bonchev–Trinajstić information content (AvgIpc) is 3.22. The van der Waals surface area contributed by atoms with Gasteiger partial charge in [0, 0.05) is 11.0 Å². The molecule has 3 aliphatic rings. The molecule has 2 atom stereocenters. The summed E-state index contributed by atoms with van der Waals surface area (Å²) in [6, 6.07) is 1.83. The van der Waals surface area contributed by atoms with Crippen molar-refractivity contribution in [3.63, 3.8) is 0 Å². The summed E-state index contributed by atoms with van der Waals surface area (Å²) < 4.78 is 0. The number of carbonyl (C=O) groups is 1. The normalized spacial score (nSPS) is 30.4. The van der Waals surface area contributed by atoms with E-state index in [1.54, 1.807) is 6.92 Å². The SMILES string of the molecule is CC1=C(CCC(O)C#N)C2=C(C)C3(CC3)C(C)(O)C(=O)C2=C1. The predicted octanol–water partition coefficient (Wildman–Crippen LogP) is 2.34. The molecule has 0 radical (unpaired) electrons. The van der Waals surface area contributed by atoms with Gasteiger partial charge >= 0.3 is 0 Å². The van der Waals surface area contributed by atoms with Crippen molar-refractivity contribution in [3.05, 3.63) is 33.9 Å². The Morgan fingerprint density at radius 3 is 2.59 bits per heavy atom. The van der Waals surface area contributed by atoms with Gasteiger partial charge in [-0.15, -0.1) is 0 Å². The molecule has 4 heteroatoms. The molecule has 22 heavy (non-hydrogen) atoms. The lowest BCUT2D eigenvalue weighted by Crippen LogP contribution is -2.49. The van der Waals surface area contributed by atoms with Crippen molar-refractivity contribution in [2.24, 2.45) is 5.41 Å². The van der Waals surface area contributed by atoms with Crippen molar-refractivity contribution in [3.8, 4) is 6.07 Å². The van der Waals surface area contributed by atoms with Gasteiger partial charge in [-0.05, 0) is 69.2 Å². The fraction of sp³-hybridized carbons (Fsp3) is 0.556. The van der Waals surface area contributed by atoms with Gasteiger partial charge in [0.1, 0.15) is 11.7 Å². The Morgan fingerprint density at radius 2 is 2.05 bits per heavy atom. The van der Waals surface area contributed by atoms with E-state index in [-0.39, 0.29) is 5.78 Å². The topological polar surface area (TPSA) is 81.3 Å². The number of hydrogen-bond donors (Lipinski definition) is 2. The largest absolute Gasteiger partial charge is 0.381 e. The Kier molecular flexibility index (Phi) is 3.21. The maximum absolute atomic E-state index is 12.7. The summed E-state index contributed by atoms with van der Waals surface area (Å²) in [6.45, 7) is 5.59. The molecule has 0 bridgehead atoms. The van der Waals surface area contributed by atoms with Gasteiger partial charge in [0.25, 0.3) is 0 Å². The fourth-order valence-electron chi connectivity index (χ4n) is 4.08. The van der Waals surface area contributed by atoms with Crippen molar-refractivity contribution < 1.29 is 15.0 Å². The lowest BCUT2D eigenvalue weighted by Gasteiger charge is -2.39. The molecule has 3 aliphatic carbocycles. The highest BCUT2D eigenvalue weighted by Crippen LogP contribution is 2.65. The summed E-state index contributed by atoms with van der Waals surface area (Å²) >= 11 is 0. The van der Waals surface area contributed by atoms with Crippen LogP contribution in [-0.4, -0.2) is 27.7 Å². The third kappa shape index (κ3) is 1.79. The van der Waals surface area contributed by atoms with Gasteiger partial charge in [0.05, 0.1) is 6.07 Å².